The van der Waals surface area contributed by atoms with Gasteiger partial charge in [0, 0.05) is 6.42 Å². The van der Waals surface area contributed by atoms with E-state index in [1.165, 1.54) is 4.90 Å². The fraction of sp³-hybridized carbons (Fsp3) is 0.588. The molecular formula is C17H24FNO3. The van der Waals surface area contributed by atoms with Crippen LogP contribution in [-0.4, -0.2) is 47.9 Å². The van der Waals surface area contributed by atoms with Gasteiger partial charge in [-0.1, -0.05) is 39.0 Å². The van der Waals surface area contributed by atoms with Crippen LogP contribution in [0, 0.1) is 0 Å². The molecule has 22 heavy (non-hydrogen) atoms. The van der Waals surface area contributed by atoms with Crippen molar-refractivity contribution in [1.29, 1.82) is 0 Å². The molecule has 1 aromatic rings. The molecule has 0 bridgehead atoms. The van der Waals surface area contributed by atoms with Crippen molar-refractivity contribution in [3.8, 4) is 5.75 Å². The summed E-state index contributed by atoms with van der Waals surface area (Å²) in [6, 6.07) is 7.16. The number of para-hydroxylation sites is 1. The number of nitrogens with zero attached hydrogens (tertiary/aromatic N) is 1. The number of benzene rings is 1. The Hall–Kier alpha value is -1.62. The summed E-state index contributed by atoms with van der Waals surface area (Å²) in [5, 5.41) is 9.24. The van der Waals surface area contributed by atoms with Crippen molar-refractivity contribution < 1.29 is 19.0 Å². The maximum absolute atomic E-state index is 13.4. The largest absolute Gasteiger partial charge is 0.483 e. The van der Waals surface area contributed by atoms with Gasteiger partial charge in [-0.15, -0.1) is 0 Å². The molecule has 2 atom stereocenters. The zero-order chi connectivity index (χ0) is 16.3. The molecule has 5 heteroatoms. The molecule has 1 fully saturated rings. The normalized spacial score (nSPS) is 22.0. The summed E-state index contributed by atoms with van der Waals surface area (Å²) in [6.45, 7) is 5.91. The van der Waals surface area contributed by atoms with E-state index in [4.69, 9.17) is 4.74 Å². The van der Waals surface area contributed by atoms with E-state index in [1.54, 1.807) is 0 Å². The molecule has 0 aromatic heterocycles. The highest BCUT2D eigenvalue weighted by molar-refractivity contribution is 5.78. The summed E-state index contributed by atoms with van der Waals surface area (Å²) in [7, 11) is 0. The van der Waals surface area contributed by atoms with Crippen LogP contribution in [0.2, 0.25) is 0 Å². The second-order valence-corrected chi connectivity index (χ2v) is 6.75. The van der Waals surface area contributed by atoms with E-state index in [1.807, 2.05) is 24.3 Å². The monoisotopic (exact) mass is 309 g/mol. The number of amides is 1. The summed E-state index contributed by atoms with van der Waals surface area (Å²) in [4.78, 5) is 13.6. The Bertz CT molecular complexity index is 527. The van der Waals surface area contributed by atoms with Crippen LogP contribution in [0.1, 0.15) is 32.8 Å². The van der Waals surface area contributed by atoms with E-state index in [2.05, 4.69) is 20.8 Å². The lowest BCUT2D eigenvalue weighted by Crippen LogP contribution is -2.40. The van der Waals surface area contributed by atoms with E-state index in [9.17, 15) is 14.3 Å². The van der Waals surface area contributed by atoms with Gasteiger partial charge in [-0.25, -0.2) is 4.39 Å². The first-order valence-corrected chi connectivity index (χ1v) is 7.59. The number of rotatable bonds is 4. The number of carbonyl (C=O) groups excluding carboxylic acids is 1. The predicted molar refractivity (Wildman–Crippen MR) is 82.7 cm³/mol. The number of aliphatic hydroxyl groups is 1. The number of alkyl halides is 1. The Kier molecular flexibility index (Phi) is 5.06. The summed E-state index contributed by atoms with van der Waals surface area (Å²) >= 11 is 0. The molecule has 4 nitrogen and oxygen atoms in total. The van der Waals surface area contributed by atoms with Crippen LogP contribution < -0.4 is 4.74 Å². The zero-order valence-corrected chi connectivity index (χ0v) is 13.4. The third kappa shape index (κ3) is 3.77. The van der Waals surface area contributed by atoms with Crippen molar-refractivity contribution in [1.82, 2.24) is 4.90 Å². The van der Waals surface area contributed by atoms with E-state index < -0.39 is 12.2 Å². The molecule has 0 unspecified atom stereocenters. The number of hydrogen-bond donors (Lipinski definition) is 1. The molecule has 1 aliphatic rings. The Morgan fingerprint density at radius 3 is 2.73 bits per heavy atom. The van der Waals surface area contributed by atoms with Crippen LogP contribution in [0.3, 0.4) is 0 Å². The number of carbonyl (C=O) groups is 1. The second-order valence-electron chi connectivity index (χ2n) is 6.75. The minimum atomic E-state index is -1.07. The lowest BCUT2D eigenvalue weighted by atomic mass is 9.86. The molecule has 1 aliphatic heterocycles. The predicted octanol–water partition coefficient (Wildman–Crippen LogP) is 2.29. The van der Waals surface area contributed by atoms with E-state index in [0.29, 0.717) is 5.75 Å². The maximum atomic E-state index is 13.4. The Balaban J connectivity index is 2.03. The first-order valence-electron chi connectivity index (χ1n) is 7.59. The van der Waals surface area contributed by atoms with Crippen molar-refractivity contribution in [3.63, 3.8) is 0 Å². The van der Waals surface area contributed by atoms with E-state index in [0.717, 1.165) is 5.56 Å². The van der Waals surface area contributed by atoms with Crippen molar-refractivity contribution in [2.24, 2.45) is 0 Å². The molecule has 0 saturated carbocycles. The van der Waals surface area contributed by atoms with Gasteiger partial charge in [-0.3, -0.25) is 4.79 Å². The lowest BCUT2D eigenvalue weighted by Gasteiger charge is -2.25. The van der Waals surface area contributed by atoms with Gasteiger partial charge in [0.15, 0.2) is 6.61 Å². The first kappa shape index (κ1) is 16.7. The van der Waals surface area contributed by atoms with Crippen LogP contribution in [0.25, 0.3) is 0 Å². The summed E-state index contributed by atoms with van der Waals surface area (Å²) in [6.07, 6.45) is -0.871. The number of likely N-dealkylation sites (tertiary alicyclic amines) is 1. The van der Waals surface area contributed by atoms with Crippen molar-refractivity contribution in [2.45, 2.75) is 44.8 Å². The minimum Gasteiger partial charge on any atom is -0.483 e. The minimum absolute atomic E-state index is 0.0360. The molecule has 1 aromatic carbocycles. The Morgan fingerprint density at radius 1 is 1.41 bits per heavy atom. The van der Waals surface area contributed by atoms with Crippen LogP contribution in [0.15, 0.2) is 24.3 Å². The fourth-order valence-electron chi connectivity index (χ4n) is 2.77. The van der Waals surface area contributed by atoms with Gasteiger partial charge in [0.2, 0.25) is 0 Å². The molecule has 1 heterocycles. The molecule has 122 valence electrons. The highest BCUT2D eigenvalue weighted by atomic mass is 19.1. The SMILES string of the molecule is CC(C)(C)c1ccccc1OCC(=O)N1C[C@@H](F)C[C@H]1CO. The molecule has 1 N–H and O–H groups in total. The van der Waals surface area contributed by atoms with E-state index in [-0.39, 0.29) is 37.5 Å². The summed E-state index contributed by atoms with van der Waals surface area (Å²) in [5.41, 5.74) is 0.927. The highest BCUT2D eigenvalue weighted by Gasteiger charge is 2.35. The molecular weight excluding hydrogens is 285 g/mol. The third-order valence-corrected chi connectivity index (χ3v) is 3.94. The van der Waals surface area contributed by atoms with Gasteiger partial charge in [-0.05, 0) is 17.0 Å². The van der Waals surface area contributed by atoms with Crippen LogP contribution in [0.4, 0.5) is 4.39 Å². The number of aliphatic hydroxyl groups excluding tert-OH is 1. The average Bonchev–Trinajstić information content (AvgIpc) is 2.85. The number of ether oxygens (including phenoxy) is 1. The van der Waals surface area contributed by atoms with Gasteiger partial charge < -0.3 is 14.7 Å². The van der Waals surface area contributed by atoms with Crippen LogP contribution >= 0.6 is 0 Å². The van der Waals surface area contributed by atoms with Crippen molar-refractivity contribution >= 4 is 5.91 Å². The molecule has 2 rings (SSSR count). The summed E-state index contributed by atoms with van der Waals surface area (Å²) < 4.78 is 19.1. The molecule has 1 amide bonds. The number of hydrogen-bond acceptors (Lipinski definition) is 3. The van der Waals surface area contributed by atoms with E-state index >= 15 is 0 Å². The Morgan fingerprint density at radius 2 is 2.09 bits per heavy atom. The highest BCUT2D eigenvalue weighted by Crippen LogP contribution is 2.31. The van der Waals surface area contributed by atoms with Gasteiger partial charge in [0.05, 0.1) is 19.2 Å². The lowest BCUT2D eigenvalue weighted by molar-refractivity contribution is -0.135. The van der Waals surface area contributed by atoms with Crippen LogP contribution in [0.5, 0.6) is 5.75 Å². The van der Waals surface area contributed by atoms with Gasteiger partial charge in [0.25, 0.3) is 5.91 Å². The Labute approximate surface area is 130 Å². The standard InChI is InChI=1S/C17H24FNO3/c1-17(2,3)14-6-4-5-7-15(14)22-11-16(21)19-9-12(18)8-13(19)10-20/h4-7,12-13,20H,8-11H2,1-3H3/t12-,13-/m0/s1. The van der Waals surface area contributed by atoms with Gasteiger partial charge in [-0.2, -0.15) is 0 Å². The first-order chi connectivity index (χ1) is 10.3. The van der Waals surface area contributed by atoms with Crippen LogP contribution in [-0.2, 0) is 10.2 Å². The average molecular weight is 309 g/mol. The molecule has 1 saturated heterocycles. The van der Waals surface area contributed by atoms with Gasteiger partial charge in [0.1, 0.15) is 11.9 Å². The molecule has 0 radical (unpaired) electrons. The smallest absolute Gasteiger partial charge is 0.260 e. The second kappa shape index (κ2) is 6.65. The fourth-order valence-corrected chi connectivity index (χ4v) is 2.77. The maximum Gasteiger partial charge on any atom is 0.260 e. The van der Waals surface area contributed by atoms with Crippen molar-refractivity contribution in [3.05, 3.63) is 29.8 Å². The molecule has 0 spiro atoms. The van der Waals surface area contributed by atoms with Crippen molar-refractivity contribution in [2.75, 3.05) is 19.8 Å². The third-order valence-electron chi connectivity index (χ3n) is 3.94. The number of halogens is 1. The summed E-state index contributed by atoms with van der Waals surface area (Å²) in [5.74, 6) is 0.378. The topological polar surface area (TPSA) is 49.8 Å². The quantitative estimate of drug-likeness (QED) is 0.928. The van der Waals surface area contributed by atoms with Gasteiger partial charge >= 0.3 is 0 Å². The molecule has 0 aliphatic carbocycles. The zero-order valence-electron chi connectivity index (χ0n) is 13.4.